The SMILES string of the molecule is COc1ccccc1CCC(=O)N1CC2CC(NC(C)=O)CN2C(=O)C1CC(C)C. The van der Waals surface area contributed by atoms with Crippen LogP contribution in [0.15, 0.2) is 24.3 Å². The lowest BCUT2D eigenvalue weighted by Gasteiger charge is -2.43. The first-order chi connectivity index (χ1) is 14.3. The van der Waals surface area contributed by atoms with Crippen molar-refractivity contribution in [3.05, 3.63) is 29.8 Å². The molecule has 0 aliphatic carbocycles. The van der Waals surface area contributed by atoms with E-state index in [1.54, 1.807) is 12.0 Å². The molecule has 2 aliphatic rings. The van der Waals surface area contributed by atoms with E-state index < -0.39 is 6.04 Å². The standard InChI is InChI=1S/C23H33N3O4/c1-15(2)11-20-23(29)25-13-18(24-16(3)27)12-19(25)14-26(20)22(28)10-9-17-7-5-6-8-21(17)30-4/h5-8,15,18-20H,9-14H2,1-4H3,(H,24,27). The molecule has 30 heavy (non-hydrogen) atoms. The fourth-order valence-corrected chi connectivity index (χ4v) is 4.68. The Kier molecular flexibility index (Phi) is 7.00. The van der Waals surface area contributed by atoms with Crippen molar-refractivity contribution >= 4 is 17.7 Å². The van der Waals surface area contributed by atoms with Gasteiger partial charge >= 0.3 is 0 Å². The molecule has 0 radical (unpaired) electrons. The number of benzene rings is 1. The molecule has 2 aliphatic heterocycles. The number of para-hydroxylation sites is 1. The summed E-state index contributed by atoms with van der Waals surface area (Å²) in [6, 6.07) is 7.20. The number of piperazine rings is 1. The van der Waals surface area contributed by atoms with Crippen LogP contribution >= 0.6 is 0 Å². The third-order valence-electron chi connectivity index (χ3n) is 5.99. The van der Waals surface area contributed by atoms with Gasteiger partial charge in [-0.1, -0.05) is 32.0 Å². The molecule has 7 nitrogen and oxygen atoms in total. The number of fused-ring (bicyclic) bond motifs is 1. The van der Waals surface area contributed by atoms with Crippen LogP contribution in [0.4, 0.5) is 0 Å². The number of methoxy groups -OCH3 is 1. The molecule has 164 valence electrons. The Bertz CT molecular complexity index is 794. The molecule has 1 N–H and O–H groups in total. The second-order valence-electron chi connectivity index (χ2n) is 8.78. The second kappa shape index (κ2) is 9.49. The monoisotopic (exact) mass is 415 g/mol. The first-order valence-corrected chi connectivity index (χ1v) is 10.8. The summed E-state index contributed by atoms with van der Waals surface area (Å²) in [4.78, 5) is 41.6. The highest BCUT2D eigenvalue weighted by molar-refractivity contribution is 5.89. The summed E-state index contributed by atoms with van der Waals surface area (Å²) in [5, 5.41) is 2.93. The molecule has 0 spiro atoms. The first kappa shape index (κ1) is 22.1. The van der Waals surface area contributed by atoms with Crippen molar-refractivity contribution in [3.63, 3.8) is 0 Å². The van der Waals surface area contributed by atoms with Gasteiger partial charge in [-0.25, -0.2) is 0 Å². The Morgan fingerprint density at radius 1 is 1.23 bits per heavy atom. The third-order valence-corrected chi connectivity index (χ3v) is 5.99. The van der Waals surface area contributed by atoms with Gasteiger partial charge in [-0.3, -0.25) is 14.4 Å². The van der Waals surface area contributed by atoms with Gasteiger partial charge in [0.25, 0.3) is 0 Å². The summed E-state index contributed by atoms with van der Waals surface area (Å²) in [7, 11) is 1.63. The zero-order valence-corrected chi connectivity index (χ0v) is 18.4. The highest BCUT2D eigenvalue weighted by Gasteiger charge is 2.46. The maximum absolute atomic E-state index is 13.3. The molecular weight excluding hydrogens is 382 g/mol. The van der Waals surface area contributed by atoms with E-state index in [9.17, 15) is 14.4 Å². The molecule has 3 amide bonds. The normalized spacial score (nSPS) is 23.5. The molecule has 1 aromatic rings. The Morgan fingerprint density at radius 2 is 1.97 bits per heavy atom. The quantitative estimate of drug-likeness (QED) is 0.739. The van der Waals surface area contributed by atoms with Crippen LogP contribution in [0, 0.1) is 5.92 Å². The van der Waals surface area contributed by atoms with Crippen molar-refractivity contribution in [2.24, 2.45) is 5.92 Å². The molecule has 3 unspecified atom stereocenters. The number of ether oxygens (including phenoxy) is 1. The van der Waals surface area contributed by atoms with Gasteiger partial charge in [-0.15, -0.1) is 0 Å². The minimum atomic E-state index is -0.428. The van der Waals surface area contributed by atoms with E-state index in [0.29, 0.717) is 44.7 Å². The molecule has 3 rings (SSSR count). The highest BCUT2D eigenvalue weighted by atomic mass is 16.5. The first-order valence-electron chi connectivity index (χ1n) is 10.8. The zero-order chi connectivity index (χ0) is 21.8. The molecule has 2 fully saturated rings. The van der Waals surface area contributed by atoms with Gasteiger partial charge < -0.3 is 19.9 Å². The lowest BCUT2D eigenvalue weighted by molar-refractivity contribution is -0.154. The number of hydrogen-bond donors (Lipinski definition) is 1. The Labute approximate surface area is 178 Å². The van der Waals surface area contributed by atoms with E-state index >= 15 is 0 Å². The summed E-state index contributed by atoms with van der Waals surface area (Å²) in [6.45, 7) is 6.70. The molecule has 3 atom stereocenters. The molecule has 7 heteroatoms. The van der Waals surface area contributed by atoms with Gasteiger partial charge in [0.15, 0.2) is 0 Å². The van der Waals surface area contributed by atoms with Crippen LogP contribution in [0.1, 0.15) is 45.6 Å². The number of hydrogen-bond acceptors (Lipinski definition) is 4. The molecule has 2 saturated heterocycles. The third kappa shape index (κ3) is 4.94. The lowest BCUT2D eigenvalue weighted by atomic mass is 9.96. The van der Waals surface area contributed by atoms with Crippen LogP contribution < -0.4 is 10.1 Å². The smallest absolute Gasteiger partial charge is 0.245 e. The summed E-state index contributed by atoms with van der Waals surface area (Å²) >= 11 is 0. The number of amides is 3. The number of carbonyl (C=O) groups is 3. The topological polar surface area (TPSA) is 79.0 Å². The average Bonchev–Trinajstić information content (AvgIpc) is 3.10. The van der Waals surface area contributed by atoms with E-state index in [1.807, 2.05) is 29.2 Å². The fourth-order valence-electron chi connectivity index (χ4n) is 4.68. The van der Waals surface area contributed by atoms with E-state index in [2.05, 4.69) is 19.2 Å². The van der Waals surface area contributed by atoms with E-state index in [0.717, 1.165) is 11.3 Å². The maximum Gasteiger partial charge on any atom is 0.245 e. The Balaban J connectivity index is 1.73. The fraction of sp³-hybridized carbons (Fsp3) is 0.609. The van der Waals surface area contributed by atoms with Crippen molar-refractivity contribution in [2.75, 3.05) is 20.2 Å². The largest absolute Gasteiger partial charge is 0.496 e. The van der Waals surface area contributed by atoms with Crippen LogP contribution in [0.5, 0.6) is 5.75 Å². The van der Waals surface area contributed by atoms with Crippen molar-refractivity contribution in [3.8, 4) is 5.75 Å². The maximum atomic E-state index is 13.3. The van der Waals surface area contributed by atoms with Crippen LogP contribution in [0.25, 0.3) is 0 Å². The number of aryl methyl sites for hydroxylation is 1. The van der Waals surface area contributed by atoms with Crippen molar-refractivity contribution < 1.29 is 19.1 Å². The van der Waals surface area contributed by atoms with E-state index in [1.165, 1.54) is 6.92 Å². The number of rotatable bonds is 7. The van der Waals surface area contributed by atoms with E-state index in [-0.39, 0.29) is 29.8 Å². The Hall–Kier alpha value is -2.57. The summed E-state index contributed by atoms with van der Waals surface area (Å²) in [6.07, 6.45) is 2.25. The molecule has 1 aromatic carbocycles. The summed E-state index contributed by atoms with van der Waals surface area (Å²) in [5.41, 5.74) is 0.991. The van der Waals surface area contributed by atoms with Gasteiger partial charge in [0.1, 0.15) is 11.8 Å². The van der Waals surface area contributed by atoms with Crippen LogP contribution in [0.2, 0.25) is 0 Å². The summed E-state index contributed by atoms with van der Waals surface area (Å²) < 4.78 is 5.39. The van der Waals surface area contributed by atoms with Gasteiger partial charge in [-0.2, -0.15) is 0 Å². The van der Waals surface area contributed by atoms with Crippen LogP contribution in [-0.2, 0) is 20.8 Å². The van der Waals surface area contributed by atoms with Crippen LogP contribution in [-0.4, -0.2) is 65.8 Å². The zero-order valence-electron chi connectivity index (χ0n) is 18.4. The van der Waals surface area contributed by atoms with Gasteiger partial charge in [-0.05, 0) is 36.8 Å². The summed E-state index contributed by atoms with van der Waals surface area (Å²) in [5.74, 6) is 1.00. The van der Waals surface area contributed by atoms with Gasteiger partial charge in [0.2, 0.25) is 17.7 Å². The molecule has 0 aromatic heterocycles. The van der Waals surface area contributed by atoms with Gasteiger partial charge in [0.05, 0.1) is 13.2 Å². The predicted molar refractivity (Wildman–Crippen MR) is 114 cm³/mol. The van der Waals surface area contributed by atoms with Crippen molar-refractivity contribution in [1.82, 2.24) is 15.1 Å². The minimum absolute atomic E-state index is 0.00235. The Morgan fingerprint density at radius 3 is 2.63 bits per heavy atom. The lowest BCUT2D eigenvalue weighted by Crippen LogP contribution is -2.61. The van der Waals surface area contributed by atoms with Crippen molar-refractivity contribution in [2.45, 2.75) is 64.6 Å². The number of carbonyl (C=O) groups excluding carboxylic acids is 3. The van der Waals surface area contributed by atoms with E-state index in [4.69, 9.17) is 4.74 Å². The van der Waals surface area contributed by atoms with Gasteiger partial charge in [0, 0.05) is 32.5 Å². The average molecular weight is 416 g/mol. The molecule has 0 bridgehead atoms. The molecule has 0 saturated carbocycles. The molecular formula is C23H33N3O4. The predicted octanol–water partition coefficient (Wildman–Crippen LogP) is 1.99. The van der Waals surface area contributed by atoms with Crippen molar-refractivity contribution in [1.29, 1.82) is 0 Å². The minimum Gasteiger partial charge on any atom is -0.496 e. The van der Waals surface area contributed by atoms with Crippen LogP contribution in [0.3, 0.4) is 0 Å². The highest BCUT2D eigenvalue weighted by Crippen LogP contribution is 2.30. The number of nitrogens with zero attached hydrogens (tertiary/aromatic N) is 2. The number of nitrogens with one attached hydrogen (secondary N) is 1. The second-order valence-corrected chi connectivity index (χ2v) is 8.78. The molecule has 2 heterocycles.